The fraction of sp³-hybridized carbons (Fsp3) is 0.652. The van der Waals surface area contributed by atoms with Gasteiger partial charge >= 0.3 is 0 Å². The van der Waals surface area contributed by atoms with Crippen molar-refractivity contribution in [2.45, 2.75) is 62.6 Å². The monoisotopic (exact) mass is 415 g/mol. The van der Waals surface area contributed by atoms with Gasteiger partial charge in [0.05, 0.1) is 18.6 Å². The summed E-state index contributed by atoms with van der Waals surface area (Å²) in [7, 11) is 1.65. The number of ether oxygens (including phenoxy) is 1. The highest BCUT2D eigenvalue weighted by molar-refractivity contribution is 5.96. The van der Waals surface area contributed by atoms with Gasteiger partial charge in [0.2, 0.25) is 5.91 Å². The predicted molar refractivity (Wildman–Crippen MR) is 113 cm³/mol. The first-order chi connectivity index (χ1) is 14.6. The van der Waals surface area contributed by atoms with E-state index in [2.05, 4.69) is 10.6 Å². The molecule has 0 bridgehead atoms. The first-order valence-electron chi connectivity index (χ1n) is 11.1. The molecule has 4 rings (SSSR count). The fourth-order valence-electron chi connectivity index (χ4n) is 4.95. The molecule has 1 aliphatic carbocycles. The third-order valence-corrected chi connectivity index (χ3v) is 6.79. The molecular weight excluding hydrogens is 382 g/mol. The number of hydrogen-bond donors (Lipinski definition) is 2. The summed E-state index contributed by atoms with van der Waals surface area (Å²) in [5.41, 5.74) is 0.127. The van der Waals surface area contributed by atoms with Crippen LogP contribution in [0.3, 0.4) is 0 Å². The number of nitrogens with zero attached hydrogens (tertiary/aromatic N) is 1. The van der Waals surface area contributed by atoms with Crippen LogP contribution in [0.25, 0.3) is 0 Å². The first kappa shape index (κ1) is 21.3. The van der Waals surface area contributed by atoms with Crippen molar-refractivity contribution in [1.29, 1.82) is 0 Å². The summed E-state index contributed by atoms with van der Waals surface area (Å²) in [6.45, 7) is 3.95. The summed E-state index contributed by atoms with van der Waals surface area (Å²) < 4.78 is 5.70. The molecule has 2 heterocycles. The topological polar surface area (TPSA) is 79.9 Å². The molecule has 5 unspecified atom stereocenters. The zero-order chi connectivity index (χ0) is 21.1. The third-order valence-electron chi connectivity index (χ3n) is 6.79. The van der Waals surface area contributed by atoms with E-state index in [1.54, 1.807) is 7.11 Å². The molecule has 0 radical (unpaired) electrons. The molecule has 7 nitrogen and oxygen atoms in total. The van der Waals surface area contributed by atoms with Gasteiger partial charge in [0.25, 0.3) is 5.91 Å². The van der Waals surface area contributed by atoms with Gasteiger partial charge in [-0.15, -0.1) is 0 Å². The smallest absolute Gasteiger partial charge is 0.272 e. The first-order valence-corrected chi connectivity index (χ1v) is 11.1. The molecule has 7 heteroatoms. The van der Waals surface area contributed by atoms with E-state index in [1.807, 2.05) is 37.3 Å². The van der Waals surface area contributed by atoms with Gasteiger partial charge in [0.1, 0.15) is 5.54 Å². The van der Waals surface area contributed by atoms with Crippen LogP contribution in [-0.4, -0.2) is 61.4 Å². The number of methoxy groups -OCH3 is 1. The van der Waals surface area contributed by atoms with Crippen LogP contribution in [-0.2, 0) is 19.2 Å². The molecule has 1 aromatic rings. The van der Waals surface area contributed by atoms with E-state index in [9.17, 15) is 9.59 Å². The van der Waals surface area contributed by atoms with Crippen molar-refractivity contribution < 1.29 is 19.2 Å². The van der Waals surface area contributed by atoms with Gasteiger partial charge in [0.15, 0.2) is 0 Å². The van der Waals surface area contributed by atoms with Crippen LogP contribution < -0.4 is 10.6 Å². The normalized spacial score (nSPS) is 30.5. The summed E-state index contributed by atoms with van der Waals surface area (Å²) >= 11 is 0. The maximum Gasteiger partial charge on any atom is 0.272 e. The standard InChI is InChI=1S/C23H33N3O4/c1-16(20(29-2)19-11-8-12-24-19)21(27)25-23(22(28)26-13-6-7-14-30-26)15-18(23)17-9-4-3-5-10-17/h3-5,9-10,16,18-20,24H,6-8,11-15H2,1-2H3,(H,25,27). The zero-order valence-corrected chi connectivity index (χ0v) is 17.9. The lowest BCUT2D eigenvalue weighted by Crippen LogP contribution is -2.56. The number of amides is 2. The largest absolute Gasteiger partial charge is 0.379 e. The summed E-state index contributed by atoms with van der Waals surface area (Å²) in [6, 6.07) is 10.1. The molecule has 2 aliphatic heterocycles. The van der Waals surface area contributed by atoms with Crippen LogP contribution in [0.1, 0.15) is 50.5 Å². The van der Waals surface area contributed by atoms with E-state index in [0.717, 1.165) is 37.8 Å². The molecule has 2 amide bonds. The van der Waals surface area contributed by atoms with Crippen LogP contribution in [0.5, 0.6) is 0 Å². The second-order valence-corrected chi connectivity index (χ2v) is 8.77. The second kappa shape index (κ2) is 9.04. The number of benzene rings is 1. The average Bonchev–Trinajstić information content (AvgIpc) is 3.26. The Morgan fingerprint density at radius 1 is 1.27 bits per heavy atom. The van der Waals surface area contributed by atoms with Gasteiger partial charge < -0.3 is 15.4 Å². The lowest BCUT2D eigenvalue weighted by atomic mass is 9.94. The Hall–Kier alpha value is -1.96. The third kappa shape index (κ3) is 4.11. The van der Waals surface area contributed by atoms with Gasteiger partial charge in [0, 0.05) is 25.6 Å². The Morgan fingerprint density at radius 3 is 2.70 bits per heavy atom. The lowest BCUT2D eigenvalue weighted by Gasteiger charge is -2.32. The quantitative estimate of drug-likeness (QED) is 0.712. The van der Waals surface area contributed by atoms with Crippen LogP contribution >= 0.6 is 0 Å². The van der Waals surface area contributed by atoms with Crippen LogP contribution in [0.4, 0.5) is 0 Å². The number of nitrogens with one attached hydrogen (secondary N) is 2. The molecule has 164 valence electrons. The Morgan fingerprint density at radius 2 is 2.07 bits per heavy atom. The minimum atomic E-state index is -0.939. The number of rotatable bonds is 7. The van der Waals surface area contributed by atoms with Crippen molar-refractivity contribution in [1.82, 2.24) is 15.7 Å². The number of carbonyl (C=O) groups is 2. The predicted octanol–water partition coefficient (Wildman–Crippen LogP) is 1.99. The van der Waals surface area contributed by atoms with Gasteiger partial charge in [-0.3, -0.25) is 14.4 Å². The van der Waals surface area contributed by atoms with E-state index < -0.39 is 5.54 Å². The zero-order valence-electron chi connectivity index (χ0n) is 17.9. The molecule has 3 fully saturated rings. The molecular formula is C23H33N3O4. The Labute approximate surface area is 178 Å². The van der Waals surface area contributed by atoms with Crippen molar-refractivity contribution in [2.24, 2.45) is 5.92 Å². The maximum atomic E-state index is 13.5. The molecule has 2 saturated heterocycles. The van der Waals surface area contributed by atoms with Crippen LogP contribution in [0.2, 0.25) is 0 Å². The van der Waals surface area contributed by atoms with Gasteiger partial charge in [-0.1, -0.05) is 37.3 Å². The van der Waals surface area contributed by atoms with Crippen molar-refractivity contribution in [3.05, 3.63) is 35.9 Å². The average molecular weight is 416 g/mol. The number of hydroxylamine groups is 2. The minimum absolute atomic E-state index is 0.0431. The number of carbonyl (C=O) groups excluding carboxylic acids is 2. The van der Waals surface area contributed by atoms with Gasteiger partial charge in [-0.05, 0) is 44.2 Å². The molecule has 5 atom stereocenters. The van der Waals surface area contributed by atoms with E-state index in [-0.39, 0.29) is 35.8 Å². The Kier molecular flexibility index (Phi) is 6.41. The summed E-state index contributed by atoms with van der Waals surface area (Å²) in [5.74, 6) is -0.683. The lowest BCUT2D eigenvalue weighted by molar-refractivity contribution is -0.200. The highest BCUT2D eigenvalue weighted by Gasteiger charge is 2.63. The van der Waals surface area contributed by atoms with E-state index >= 15 is 0 Å². The molecule has 2 N–H and O–H groups in total. The molecule has 0 spiro atoms. The van der Waals surface area contributed by atoms with E-state index in [0.29, 0.717) is 19.6 Å². The maximum absolute atomic E-state index is 13.5. The highest BCUT2D eigenvalue weighted by Crippen LogP contribution is 2.53. The van der Waals surface area contributed by atoms with Crippen molar-refractivity contribution in [3.63, 3.8) is 0 Å². The second-order valence-electron chi connectivity index (χ2n) is 8.77. The molecule has 1 aromatic carbocycles. The molecule has 30 heavy (non-hydrogen) atoms. The van der Waals surface area contributed by atoms with Crippen molar-refractivity contribution >= 4 is 11.8 Å². The summed E-state index contributed by atoms with van der Waals surface area (Å²) in [4.78, 5) is 32.4. The molecule has 3 aliphatic rings. The van der Waals surface area contributed by atoms with Gasteiger partial charge in [-0.2, -0.15) is 0 Å². The van der Waals surface area contributed by atoms with Crippen LogP contribution in [0, 0.1) is 5.92 Å². The van der Waals surface area contributed by atoms with E-state index in [1.165, 1.54) is 5.06 Å². The van der Waals surface area contributed by atoms with Crippen molar-refractivity contribution in [2.75, 3.05) is 26.8 Å². The minimum Gasteiger partial charge on any atom is -0.379 e. The van der Waals surface area contributed by atoms with E-state index in [4.69, 9.17) is 9.57 Å². The fourth-order valence-corrected chi connectivity index (χ4v) is 4.95. The summed E-state index contributed by atoms with van der Waals surface area (Å²) in [6.07, 6.45) is 4.32. The van der Waals surface area contributed by atoms with Crippen LogP contribution in [0.15, 0.2) is 30.3 Å². The highest BCUT2D eigenvalue weighted by atomic mass is 16.7. The SMILES string of the molecule is COC(C1CCCN1)C(C)C(=O)NC1(C(=O)N2CCCCO2)CC1c1ccccc1. The Bertz CT molecular complexity index is 746. The Balaban J connectivity index is 1.52. The summed E-state index contributed by atoms with van der Waals surface area (Å²) in [5, 5.41) is 8.03. The number of hydrogen-bond acceptors (Lipinski definition) is 5. The van der Waals surface area contributed by atoms with Crippen molar-refractivity contribution in [3.8, 4) is 0 Å². The molecule has 0 aromatic heterocycles. The molecule has 1 saturated carbocycles. The van der Waals surface area contributed by atoms with Gasteiger partial charge in [-0.25, -0.2) is 5.06 Å².